The molecule has 22 heavy (non-hydrogen) atoms. The predicted molar refractivity (Wildman–Crippen MR) is 86.0 cm³/mol. The molecule has 5 rings (SSSR count). The Morgan fingerprint density at radius 3 is 2.73 bits per heavy atom. The van der Waals surface area contributed by atoms with Gasteiger partial charge in [0.1, 0.15) is 12.2 Å². The fraction of sp³-hybridized carbons (Fsp3) is 0.533. The van der Waals surface area contributed by atoms with Gasteiger partial charge in [0, 0.05) is 55.6 Å². The number of nitrogens with zero attached hydrogens (tertiary/aromatic N) is 6. The lowest BCUT2D eigenvalue weighted by Gasteiger charge is -2.56. The topological polar surface area (TPSA) is 50.1 Å². The molecular formula is C15H19BrN6. The highest BCUT2D eigenvalue weighted by Crippen LogP contribution is 2.34. The number of halogens is 1. The highest BCUT2D eigenvalue weighted by Gasteiger charge is 2.44. The summed E-state index contributed by atoms with van der Waals surface area (Å²) in [5.74, 6) is 1.05. The first kappa shape index (κ1) is 14.3. The molecule has 0 spiro atoms. The van der Waals surface area contributed by atoms with Gasteiger partial charge < -0.3 is 4.57 Å². The van der Waals surface area contributed by atoms with E-state index in [1.165, 1.54) is 12.0 Å². The van der Waals surface area contributed by atoms with Crippen molar-refractivity contribution < 1.29 is 0 Å². The Bertz CT molecular complexity index is 660. The number of fused-ring (bicyclic) bond motifs is 2. The summed E-state index contributed by atoms with van der Waals surface area (Å²) < 4.78 is 3.06. The number of pyridine rings is 1. The van der Waals surface area contributed by atoms with Crippen molar-refractivity contribution in [3.8, 4) is 0 Å². The Labute approximate surface area is 138 Å². The van der Waals surface area contributed by atoms with Crippen LogP contribution in [0.2, 0.25) is 0 Å². The van der Waals surface area contributed by atoms with Crippen LogP contribution < -0.4 is 0 Å². The van der Waals surface area contributed by atoms with Crippen molar-refractivity contribution in [3.05, 3.63) is 40.6 Å². The summed E-state index contributed by atoms with van der Waals surface area (Å²) in [4.78, 5) is 9.36. The molecule has 2 atom stereocenters. The van der Waals surface area contributed by atoms with Crippen molar-refractivity contribution in [1.82, 2.24) is 29.5 Å². The molecule has 0 aliphatic carbocycles. The first-order valence-electron chi connectivity index (χ1n) is 7.59. The summed E-state index contributed by atoms with van der Waals surface area (Å²) in [6.45, 7) is 4.15. The van der Waals surface area contributed by atoms with Crippen LogP contribution in [-0.4, -0.2) is 54.7 Å². The summed E-state index contributed by atoms with van der Waals surface area (Å²) in [6.07, 6.45) is 6.88. The lowest BCUT2D eigenvalue weighted by molar-refractivity contribution is -0.0792. The third-order valence-corrected chi connectivity index (χ3v) is 5.15. The molecule has 2 aromatic rings. The number of hydrogen-bond acceptors (Lipinski definition) is 5. The summed E-state index contributed by atoms with van der Waals surface area (Å²) in [7, 11) is 2.01. The van der Waals surface area contributed by atoms with E-state index in [1.54, 1.807) is 6.33 Å². The van der Waals surface area contributed by atoms with Gasteiger partial charge in [0.15, 0.2) is 0 Å². The van der Waals surface area contributed by atoms with Crippen molar-refractivity contribution in [3.63, 3.8) is 0 Å². The molecule has 0 radical (unpaired) electrons. The van der Waals surface area contributed by atoms with Crippen LogP contribution in [0, 0.1) is 0 Å². The third kappa shape index (κ3) is 2.68. The van der Waals surface area contributed by atoms with Crippen molar-refractivity contribution >= 4 is 15.9 Å². The van der Waals surface area contributed by atoms with Crippen molar-refractivity contribution in [1.29, 1.82) is 0 Å². The zero-order valence-electron chi connectivity index (χ0n) is 12.6. The quantitative estimate of drug-likeness (QED) is 0.823. The molecular weight excluding hydrogens is 344 g/mol. The van der Waals surface area contributed by atoms with Crippen LogP contribution in [0.5, 0.6) is 0 Å². The number of piperazine rings is 1. The minimum Gasteiger partial charge on any atom is -0.320 e. The van der Waals surface area contributed by atoms with Crippen LogP contribution in [0.3, 0.4) is 0 Å². The van der Waals surface area contributed by atoms with E-state index in [-0.39, 0.29) is 0 Å². The maximum atomic E-state index is 4.25. The number of piperidine rings is 1. The van der Waals surface area contributed by atoms with E-state index in [1.807, 2.05) is 24.0 Å². The molecule has 3 aliphatic heterocycles. The first-order chi connectivity index (χ1) is 10.7. The van der Waals surface area contributed by atoms with Gasteiger partial charge in [-0.2, -0.15) is 0 Å². The van der Waals surface area contributed by atoms with E-state index in [2.05, 4.69) is 47.0 Å². The molecule has 6 nitrogen and oxygen atoms in total. The maximum Gasteiger partial charge on any atom is 0.146 e. The average molecular weight is 363 g/mol. The van der Waals surface area contributed by atoms with Crippen LogP contribution in [0.4, 0.5) is 0 Å². The Kier molecular flexibility index (Phi) is 3.71. The standard InChI is InChI=1S/C15H19BrN6/c1-20-10-18-19-15(20)9-22-13-3-14(22)8-21(7-13)6-11-2-12(16)5-17-4-11/h2,4-5,10,13-14H,3,6-9H2,1H3. The Morgan fingerprint density at radius 1 is 1.23 bits per heavy atom. The third-order valence-electron chi connectivity index (χ3n) is 4.72. The van der Waals surface area contributed by atoms with Gasteiger partial charge in [-0.3, -0.25) is 14.8 Å². The zero-order chi connectivity index (χ0) is 15.1. The SMILES string of the molecule is Cn1cnnc1CN1C2CC1CN(Cc1cncc(Br)c1)C2. The molecule has 5 heterocycles. The molecule has 0 amide bonds. The van der Waals surface area contributed by atoms with E-state index in [0.717, 1.165) is 36.5 Å². The molecule has 3 fully saturated rings. The molecule has 3 saturated heterocycles. The van der Waals surface area contributed by atoms with Crippen molar-refractivity contribution in [2.75, 3.05) is 13.1 Å². The van der Waals surface area contributed by atoms with E-state index < -0.39 is 0 Å². The predicted octanol–water partition coefficient (Wildman–Crippen LogP) is 1.43. The average Bonchev–Trinajstić information content (AvgIpc) is 2.90. The lowest BCUT2D eigenvalue weighted by Crippen LogP contribution is -2.67. The molecule has 2 aromatic heterocycles. The number of aryl methyl sites for hydroxylation is 1. The monoisotopic (exact) mass is 362 g/mol. The summed E-state index contributed by atoms with van der Waals surface area (Å²) in [5.41, 5.74) is 1.27. The first-order valence-corrected chi connectivity index (χ1v) is 8.39. The highest BCUT2D eigenvalue weighted by molar-refractivity contribution is 9.10. The van der Waals surface area contributed by atoms with Gasteiger partial charge in [0.2, 0.25) is 0 Å². The highest BCUT2D eigenvalue weighted by atomic mass is 79.9. The maximum absolute atomic E-state index is 4.25. The molecule has 0 aromatic carbocycles. The largest absolute Gasteiger partial charge is 0.320 e. The lowest BCUT2D eigenvalue weighted by atomic mass is 9.87. The normalized spacial score (nSPS) is 25.2. The second-order valence-electron chi connectivity index (χ2n) is 6.28. The van der Waals surface area contributed by atoms with Gasteiger partial charge in [-0.1, -0.05) is 0 Å². The van der Waals surface area contributed by atoms with Gasteiger partial charge in [-0.25, -0.2) is 0 Å². The fourth-order valence-electron chi connectivity index (χ4n) is 3.58. The van der Waals surface area contributed by atoms with Crippen LogP contribution in [0.1, 0.15) is 17.8 Å². The number of hydrogen-bond donors (Lipinski definition) is 0. The molecule has 2 bridgehead atoms. The molecule has 3 aliphatic rings. The molecule has 0 N–H and O–H groups in total. The zero-order valence-corrected chi connectivity index (χ0v) is 14.1. The summed E-state index contributed by atoms with van der Waals surface area (Å²) in [6, 6.07) is 3.45. The fourth-order valence-corrected chi connectivity index (χ4v) is 3.99. The van der Waals surface area contributed by atoms with E-state index in [4.69, 9.17) is 0 Å². The minimum absolute atomic E-state index is 0.649. The Hall–Kier alpha value is -1.31. The van der Waals surface area contributed by atoms with Gasteiger partial charge in [-0.05, 0) is 34.0 Å². The minimum atomic E-state index is 0.649. The van der Waals surface area contributed by atoms with Gasteiger partial charge in [0.25, 0.3) is 0 Å². The van der Waals surface area contributed by atoms with Crippen LogP contribution >= 0.6 is 15.9 Å². The summed E-state index contributed by atoms with van der Waals surface area (Å²) in [5, 5.41) is 8.18. The van der Waals surface area contributed by atoms with Gasteiger partial charge >= 0.3 is 0 Å². The molecule has 116 valence electrons. The smallest absolute Gasteiger partial charge is 0.146 e. The Morgan fingerprint density at radius 2 is 2.05 bits per heavy atom. The van der Waals surface area contributed by atoms with E-state index in [0.29, 0.717) is 12.1 Å². The van der Waals surface area contributed by atoms with Crippen LogP contribution in [0.15, 0.2) is 29.3 Å². The number of rotatable bonds is 4. The summed E-state index contributed by atoms with van der Waals surface area (Å²) >= 11 is 3.49. The molecule has 7 heteroatoms. The molecule has 2 unspecified atom stereocenters. The van der Waals surface area contributed by atoms with Gasteiger partial charge in [0.05, 0.1) is 6.54 Å². The molecule has 0 saturated carbocycles. The Balaban J connectivity index is 1.37. The second-order valence-corrected chi connectivity index (χ2v) is 7.19. The van der Waals surface area contributed by atoms with Crippen LogP contribution in [0.25, 0.3) is 0 Å². The van der Waals surface area contributed by atoms with E-state index in [9.17, 15) is 0 Å². The van der Waals surface area contributed by atoms with Crippen LogP contribution in [-0.2, 0) is 20.1 Å². The number of aromatic nitrogens is 4. The van der Waals surface area contributed by atoms with Crippen molar-refractivity contribution in [2.45, 2.75) is 31.6 Å². The van der Waals surface area contributed by atoms with Crippen molar-refractivity contribution in [2.24, 2.45) is 7.05 Å². The second kappa shape index (κ2) is 5.72. The van der Waals surface area contributed by atoms with E-state index >= 15 is 0 Å². The van der Waals surface area contributed by atoms with Gasteiger partial charge in [-0.15, -0.1) is 10.2 Å².